The number of carboxylic acids is 1. The van der Waals surface area contributed by atoms with E-state index in [4.69, 9.17) is 0 Å². The van der Waals surface area contributed by atoms with Crippen LogP contribution in [0.5, 0.6) is 0 Å². The van der Waals surface area contributed by atoms with Crippen molar-refractivity contribution in [3.05, 3.63) is 60.6 Å². The molecule has 4 rings (SSSR count). The maximum Gasteiger partial charge on any atom is 0.306 e. The van der Waals surface area contributed by atoms with Crippen molar-refractivity contribution >= 4 is 28.7 Å². The fraction of sp³-hybridized carbons (Fsp3) is 0.400. The third-order valence-corrected chi connectivity index (χ3v) is 6.21. The van der Waals surface area contributed by atoms with Gasteiger partial charge in [0.1, 0.15) is 12.1 Å². The van der Waals surface area contributed by atoms with Crippen molar-refractivity contribution in [2.45, 2.75) is 57.2 Å². The monoisotopic (exact) mass is 450 g/mol. The van der Waals surface area contributed by atoms with Crippen LogP contribution in [0.1, 0.15) is 43.7 Å². The van der Waals surface area contributed by atoms with Crippen molar-refractivity contribution in [3.8, 4) is 0 Å². The van der Waals surface area contributed by atoms with E-state index in [1.54, 1.807) is 29.1 Å². The predicted octanol–water partition coefficient (Wildman–Crippen LogP) is 2.88. The number of carboxylic acid groups (broad SMARTS) is 1. The number of nitrogens with one attached hydrogen (secondary N) is 2. The van der Waals surface area contributed by atoms with Crippen LogP contribution in [0.2, 0.25) is 0 Å². The first-order valence-corrected chi connectivity index (χ1v) is 11.5. The second-order valence-corrected chi connectivity index (χ2v) is 8.58. The Kier molecular flexibility index (Phi) is 7.12. The molecule has 0 saturated carbocycles. The van der Waals surface area contributed by atoms with Gasteiger partial charge in [0.15, 0.2) is 0 Å². The van der Waals surface area contributed by atoms with E-state index in [-0.39, 0.29) is 12.3 Å². The second-order valence-electron chi connectivity index (χ2n) is 8.58. The Labute approximate surface area is 192 Å². The lowest BCUT2D eigenvalue weighted by molar-refractivity contribution is -0.141. The molecule has 8 nitrogen and oxygen atoms in total. The molecule has 2 atom stereocenters. The minimum absolute atomic E-state index is 0.249. The largest absolute Gasteiger partial charge is 0.481 e. The number of aliphatic carboxylic acids is 1. The fourth-order valence-corrected chi connectivity index (χ4v) is 4.52. The molecular weight excluding hydrogens is 420 g/mol. The number of carbonyl (C=O) groups is 3. The number of nitrogens with zero attached hydrogens (tertiary/aromatic N) is 2. The van der Waals surface area contributed by atoms with E-state index >= 15 is 0 Å². The van der Waals surface area contributed by atoms with Crippen LogP contribution in [0.3, 0.4) is 0 Å². The van der Waals surface area contributed by atoms with Gasteiger partial charge in [0.2, 0.25) is 11.8 Å². The van der Waals surface area contributed by atoms with Crippen LogP contribution in [0.15, 0.2) is 55.0 Å². The van der Waals surface area contributed by atoms with Gasteiger partial charge in [-0.05, 0) is 36.6 Å². The Morgan fingerprint density at radius 2 is 1.85 bits per heavy atom. The van der Waals surface area contributed by atoms with Gasteiger partial charge in [0.25, 0.3) is 0 Å². The molecule has 8 heteroatoms. The third-order valence-electron chi connectivity index (χ3n) is 6.21. The lowest BCUT2D eigenvalue weighted by Crippen LogP contribution is -2.50. The lowest BCUT2D eigenvalue weighted by atomic mass is 10.0. The van der Waals surface area contributed by atoms with Crippen LogP contribution in [0.4, 0.5) is 0 Å². The van der Waals surface area contributed by atoms with Gasteiger partial charge in [-0.25, -0.2) is 0 Å². The average Bonchev–Trinajstić information content (AvgIpc) is 3.44. The molecule has 1 aliphatic heterocycles. The number of para-hydroxylation sites is 1. The summed E-state index contributed by atoms with van der Waals surface area (Å²) in [5.41, 5.74) is 2.10. The molecule has 0 unspecified atom stereocenters. The SMILES string of the molecule is O=C(O)C[C@H](C(=O)N[C@H]1Cc2cn(c3ccccc23)CCCCCCNC1=O)n1cccc1. The van der Waals surface area contributed by atoms with Gasteiger partial charge in [-0.3, -0.25) is 14.4 Å². The van der Waals surface area contributed by atoms with E-state index in [9.17, 15) is 19.5 Å². The van der Waals surface area contributed by atoms with E-state index in [2.05, 4.69) is 27.5 Å². The van der Waals surface area contributed by atoms with E-state index in [0.717, 1.165) is 48.7 Å². The Morgan fingerprint density at radius 1 is 1.09 bits per heavy atom. The highest BCUT2D eigenvalue weighted by molar-refractivity contribution is 5.92. The topological polar surface area (TPSA) is 105 Å². The van der Waals surface area contributed by atoms with Gasteiger partial charge in [-0.2, -0.15) is 0 Å². The van der Waals surface area contributed by atoms with Crippen LogP contribution < -0.4 is 10.6 Å². The molecule has 0 saturated heterocycles. The molecule has 1 aromatic carbocycles. The van der Waals surface area contributed by atoms with Gasteiger partial charge < -0.3 is 24.9 Å². The lowest BCUT2D eigenvalue weighted by Gasteiger charge is -2.22. The quantitative estimate of drug-likeness (QED) is 0.556. The normalized spacial score (nSPS) is 18.4. The molecule has 0 aliphatic carbocycles. The Morgan fingerprint density at radius 3 is 2.64 bits per heavy atom. The summed E-state index contributed by atoms with van der Waals surface area (Å²) in [6.45, 7) is 1.47. The highest BCUT2D eigenvalue weighted by atomic mass is 16.4. The number of hydrogen-bond acceptors (Lipinski definition) is 3. The molecule has 0 fully saturated rings. The Hall–Kier alpha value is -3.55. The molecule has 33 heavy (non-hydrogen) atoms. The molecule has 2 aromatic heterocycles. The van der Waals surface area contributed by atoms with Crippen molar-refractivity contribution in [2.24, 2.45) is 0 Å². The van der Waals surface area contributed by atoms with Crippen LogP contribution in [-0.2, 0) is 27.3 Å². The van der Waals surface area contributed by atoms with Crippen molar-refractivity contribution in [1.29, 1.82) is 0 Å². The average molecular weight is 451 g/mol. The molecule has 174 valence electrons. The number of benzene rings is 1. The predicted molar refractivity (Wildman–Crippen MR) is 125 cm³/mol. The number of carbonyl (C=O) groups excluding carboxylic acids is 2. The highest BCUT2D eigenvalue weighted by Gasteiger charge is 2.29. The van der Waals surface area contributed by atoms with Gasteiger partial charge in [-0.1, -0.05) is 31.0 Å². The Bertz CT molecular complexity index is 1120. The number of aromatic nitrogens is 2. The van der Waals surface area contributed by atoms with Crippen LogP contribution >= 0.6 is 0 Å². The summed E-state index contributed by atoms with van der Waals surface area (Å²) in [5, 5.41) is 16.2. The molecule has 3 N–H and O–H groups in total. The smallest absolute Gasteiger partial charge is 0.306 e. The fourth-order valence-electron chi connectivity index (χ4n) is 4.52. The number of fused-ring (bicyclic) bond motifs is 5. The van der Waals surface area contributed by atoms with Crippen molar-refractivity contribution in [3.63, 3.8) is 0 Å². The van der Waals surface area contributed by atoms with Crippen LogP contribution in [-0.4, -0.2) is 44.6 Å². The number of hydrogen-bond donors (Lipinski definition) is 3. The van der Waals surface area contributed by atoms with E-state index in [1.165, 1.54) is 0 Å². The van der Waals surface area contributed by atoms with Crippen LogP contribution in [0, 0.1) is 0 Å². The number of aryl methyl sites for hydroxylation is 1. The first kappa shape index (κ1) is 22.6. The summed E-state index contributed by atoms with van der Waals surface area (Å²) in [5.74, 6) is -1.81. The highest BCUT2D eigenvalue weighted by Crippen LogP contribution is 2.24. The van der Waals surface area contributed by atoms with E-state index < -0.39 is 24.0 Å². The molecule has 0 spiro atoms. The zero-order chi connectivity index (χ0) is 23.2. The summed E-state index contributed by atoms with van der Waals surface area (Å²) < 4.78 is 3.79. The zero-order valence-corrected chi connectivity index (χ0v) is 18.6. The molecule has 3 aromatic rings. The second kappa shape index (κ2) is 10.4. The standard InChI is InChI=1S/C25H30N4O4/c30-23(31)16-22(28-12-7-8-13-28)25(33)27-20-15-18-17-29(21-10-4-3-9-19(18)21)14-6-2-1-5-11-26-24(20)32/h3-4,7-10,12-13,17,20,22H,1-2,5-6,11,14-16H2,(H,26,32)(H,27,33)(H,30,31)/t20-,22+/m0/s1. The summed E-state index contributed by atoms with van der Waals surface area (Å²) in [7, 11) is 0. The zero-order valence-electron chi connectivity index (χ0n) is 18.6. The molecule has 2 amide bonds. The van der Waals surface area contributed by atoms with Gasteiger partial charge in [0.05, 0.1) is 6.42 Å². The molecular formula is C25H30N4O4. The third kappa shape index (κ3) is 5.45. The maximum atomic E-state index is 13.2. The Balaban J connectivity index is 1.63. The summed E-state index contributed by atoms with van der Waals surface area (Å²) in [6.07, 6.45) is 9.43. The molecule has 1 aliphatic rings. The summed E-state index contributed by atoms with van der Waals surface area (Å²) >= 11 is 0. The van der Waals surface area contributed by atoms with Gasteiger partial charge in [0, 0.05) is 49.0 Å². The van der Waals surface area contributed by atoms with Gasteiger partial charge in [-0.15, -0.1) is 0 Å². The van der Waals surface area contributed by atoms with Crippen molar-refractivity contribution < 1.29 is 19.5 Å². The first-order valence-electron chi connectivity index (χ1n) is 11.5. The van der Waals surface area contributed by atoms with Crippen LogP contribution in [0.25, 0.3) is 10.9 Å². The van der Waals surface area contributed by atoms with Gasteiger partial charge >= 0.3 is 5.97 Å². The van der Waals surface area contributed by atoms with Crippen molar-refractivity contribution in [1.82, 2.24) is 19.8 Å². The molecule has 3 heterocycles. The number of amides is 2. The number of rotatable bonds is 5. The van der Waals surface area contributed by atoms with Crippen molar-refractivity contribution in [2.75, 3.05) is 6.54 Å². The molecule has 2 bridgehead atoms. The summed E-state index contributed by atoms with van der Waals surface area (Å²) in [4.78, 5) is 37.7. The summed E-state index contributed by atoms with van der Waals surface area (Å²) in [6, 6.07) is 9.84. The van der Waals surface area contributed by atoms with E-state index in [0.29, 0.717) is 13.0 Å². The minimum Gasteiger partial charge on any atom is -0.481 e. The minimum atomic E-state index is -1.08. The van der Waals surface area contributed by atoms with E-state index in [1.807, 2.05) is 18.2 Å². The molecule has 0 radical (unpaired) electrons. The first-order chi connectivity index (χ1) is 16.0. The maximum absolute atomic E-state index is 13.2.